The van der Waals surface area contributed by atoms with E-state index in [2.05, 4.69) is 32.2 Å². The van der Waals surface area contributed by atoms with Crippen LogP contribution in [-0.4, -0.2) is 11.9 Å². The molecule has 2 saturated carbocycles. The standard InChI is InChI=1S/C16H24N2OS/c1-8-6-13(10(3)20-8)9(2)18-16(19)14-11-4-5-12(7-11)15(14)17/h6,9,11-12,14-15H,4-5,7,17H2,1-3H3,(H,18,19). The fourth-order valence-electron chi connectivity index (χ4n) is 4.19. The maximum absolute atomic E-state index is 12.6. The van der Waals surface area contributed by atoms with Crippen LogP contribution >= 0.6 is 11.3 Å². The van der Waals surface area contributed by atoms with Crippen LogP contribution in [0.4, 0.5) is 0 Å². The van der Waals surface area contributed by atoms with Crippen LogP contribution in [0.25, 0.3) is 0 Å². The van der Waals surface area contributed by atoms with E-state index in [1.54, 1.807) is 11.3 Å². The van der Waals surface area contributed by atoms with Crippen LogP contribution in [0.5, 0.6) is 0 Å². The first-order valence-corrected chi connectivity index (χ1v) is 8.42. The molecule has 0 aliphatic heterocycles. The molecule has 1 aromatic heterocycles. The molecule has 1 heterocycles. The Kier molecular flexibility index (Phi) is 3.63. The number of nitrogens with two attached hydrogens (primary N) is 1. The molecule has 3 rings (SSSR count). The number of nitrogens with one attached hydrogen (secondary N) is 1. The molecule has 2 bridgehead atoms. The number of hydrogen-bond donors (Lipinski definition) is 2. The predicted molar refractivity (Wildman–Crippen MR) is 82.6 cm³/mol. The maximum atomic E-state index is 12.6. The van der Waals surface area contributed by atoms with Crippen molar-refractivity contribution in [1.82, 2.24) is 5.32 Å². The van der Waals surface area contributed by atoms with Gasteiger partial charge in [-0.2, -0.15) is 0 Å². The first kappa shape index (κ1) is 14.1. The van der Waals surface area contributed by atoms with Gasteiger partial charge in [-0.25, -0.2) is 0 Å². The SMILES string of the molecule is Cc1cc(C(C)NC(=O)C2C3CCC(C3)C2N)c(C)s1. The van der Waals surface area contributed by atoms with Crippen LogP contribution in [0.3, 0.4) is 0 Å². The Labute approximate surface area is 124 Å². The molecule has 5 atom stereocenters. The van der Waals surface area contributed by atoms with E-state index in [1.165, 1.54) is 28.2 Å². The van der Waals surface area contributed by atoms with Crippen molar-refractivity contribution in [3.05, 3.63) is 21.4 Å². The molecule has 4 heteroatoms. The van der Waals surface area contributed by atoms with Crippen LogP contribution in [0.1, 0.15) is 47.5 Å². The molecule has 1 aromatic rings. The van der Waals surface area contributed by atoms with E-state index in [1.807, 2.05) is 0 Å². The van der Waals surface area contributed by atoms with Gasteiger partial charge in [0.1, 0.15) is 0 Å². The van der Waals surface area contributed by atoms with Gasteiger partial charge in [-0.1, -0.05) is 0 Å². The number of carbonyl (C=O) groups excluding carboxylic acids is 1. The highest BCUT2D eigenvalue weighted by Gasteiger charge is 2.49. The van der Waals surface area contributed by atoms with E-state index in [0.717, 1.165) is 6.42 Å². The van der Waals surface area contributed by atoms with Gasteiger partial charge in [0.25, 0.3) is 0 Å². The molecule has 5 unspecified atom stereocenters. The number of carbonyl (C=O) groups is 1. The highest BCUT2D eigenvalue weighted by molar-refractivity contribution is 7.12. The van der Waals surface area contributed by atoms with Crippen LogP contribution in [0.2, 0.25) is 0 Å². The second kappa shape index (κ2) is 5.15. The summed E-state index contributed by atoms with van der Waals surface area (Å²) in [6.45, 7) is 6.31. The summed E-state index contributed by atoms with van der Waals surface area (Å²) in [6, 6.07) is 2.34. The number of rotatable bonds is 3. The molecule has 1 amide bonds. The van der Waals surface area contributed by atoms with E-state index in [0.29, 0.717) is 11.8 Å². The molecule has 0 aromatic carbocycles. The van der Waals surface area contributed by atoms with Crippen molar-refractivity contribution in [2.75, 3.05) is 0 Å². The largest absolute Gasteiger partial charge is 0.349 e. The highest BCUT2D eigenvalue weighted by Crippen LogP contribution is 2.47. The van der Waals surface area contributed by atoms with Crippen molar-refractivity contribution in [2.24, 2.45) is 23.5 Å². The second-order valence-electron chi connectivity index (χ2n) is 6.54. The zero-order valence-electron chi connectivity index (χ0n) is 12.5. The van der Waals surface area contributed by atoms with E-state index in [-0.39, 0.29) is 23.9 Å². The zero-order chi connectivity index (χ0) is 14.4. The predicted octanol–water partition coefficient (Wildman–Crippen LogP) is 2.92. The summed E-state index contributed by atoms with van der Waals surface area (Å²) in [5.41, 5.74) is 7.50. The molecule has 0 spiro atoms. The van der Waals surface area contributed by atoms with Gasteiger partial charge in [0.05, 0.1) is 12.0 Å². The fourth-order valence-corrected chi connectivity index (χ4v) is 5.21. The van der Waals surface area contributed by atoms with Crippen molar-refractivity contribution in [1.29, 1.82) is 0 Å². The average Bonchev–Trinajstić information content (AvgIpc) is 3.03. The quantitative estimate of drug-likeness (QED) is 0.900. The first-order chi connectivity index (χ1) is 9.47. The van der Waals surface area contributed by atoms with Crippen LogP contribution in [-0.2, 0) is 4.79 Å². The average molecular weight is 292 g/mol. The van der Waals surface area contributed by atoms with Crippen LogP contribution in [0.15, 0.2) is 6.07 Å². The molecular formula is C16H24N2OS. The summed E-state index contributed by atoms with van der Waals surface area (Å²) in [4.78, 5) is 15.2. The van der Waals surface area contributed by atoms with Crippen molar-refractivity contribution in [2.45, 2.75) is 52.1 Å². The fraction of sp³-hybridized carbons (Fsp3) is 0.688. The summed E-state index contributed by atoms with van der Waals surface area (Å²) < 4.78 is 0. The van der Waals surface area contributed by atoms with Crippen LogP contribution in [0, 0.1) is 31.6 Å². The van der Waals surface area contributed by atoms with Gasteiger partial charge in [0.2, 0.25) is 5.91 Å². The molecule has 2 aliphatic rings. The second-order valence-corrected chi connectivity index (χ2v) is 8.00. The van der Waals surface area contributed by atoms with Gasteiger partial charge in [-0.15, -0.1) is 11.3 Å². The Morgan fingerprint density at radius 2 is 2.10 bits per heavy atom. The lowest BCUT2D eigenvalue weighted by Gasteiger charge is -2.28. The minimum atomic E-state index is 0.0382. The highest BCUT2D eigenvalue weighted by atomic mass is 32.1. The van der Waals surface area contributed by atoms with Gasteiger partial charge in [0.15, 0.2) is 0 Å². The Balaban J connectivity index is 1.69. The summed E-state index contributed by atoms with van der Waals surface area (Å²) in [5.74, 6) is 1.31. The number of amides is 1. The third-order valence-corrected chi connectivity index (χ3v) is 6.17. The Morgan fingerprint density at radius 3 is 2.65 bits per heavy atom. The van der Waals surface area contributed by atoms with Crippen molar-refractivity contribution in [3.8, 4) is 0 Å². The lowest BCUT2D eigenvalue weighted by atomic mass is 9.84. The monoisotopic (exact) mass is 292 g/mol. The Bertz CT molecular complexity index is 523. The Hall–Kier alpha value is -0.870. The molecule has 0 saturated heterocycles. The van der Waals surface area contributed by atoms with Crippen molar-refractivity contribution in [3.63, 3.8) is 0 Å². The number of aryl methyl sites for hydroxylation is 2. The van der Waals surface area contributed by atoms with E-state index >= 15 is 0 Å². The third kappa shape index (κ3) is 2.29. The normalized spacial score (nSPS) is 33.4. The van der Waals surface area contributed by atoms with Crippen molar-refractivity contribution < 1.29 is 4.79 Å². The topological polar surface area (TPSA) is 55.1 Å². The van der Waals surface area contributed by atoms with Gasteiger partial charge in [-0.05, 0) is 63.5 Å². The summed E-state index contributed by atoms with van der Waals surface area (Å²) >= 11 is 1.79. The minimum Gasteiger partial charge on any atom is -0.349 e. The molecule has 2 aliphatic carbocycles. The van der Waals surface area contributed by atoms with Gasteiger partial charge in [-0.3, -0.25) is 4.79 Å². The molecule has 3 nitrogen and oxygen atoms in total. The number of fused-ring (bicyclic) bond motifs is 2. The van der Waals surface area contributed by atoms with Crippen LogP contribution < -0.4 is 11.1 Å². The van der Waals surface area contributed by atoms with Gasteiger partial charge < -0.3 is 11.1 Å². The third-order valence-electron chi connectivity index (χ3n) is 5.19. The molecule has 0 radical (unpaired) electrons. The van der Waals surface area contributed by atoms with Gasteiger partial charge >= 0.3 is 0 Å². The lowest BCUT2D eigenvalue weighted by Crippen LogP contribution is -2.45. The lowest BCUT2D eigenvalue weighted by molar-refractivity contribution is -0.127. The zero-order valence-corrected chi connectivity index (χ0v) is 13.3. The summed E-state index contributed by atoms with van der Waals surface area (Å²) in [6.07, 6.45) is 3.56. The van der Waals surface area contributed by atoms with E-state index < -0.39 is 0 Å². The smallest absolute Gasteiger partial charge is 0.225 e. The molecule has 3 N–H and O–H groups in total. The summed E-state index contributed by atoms with van der Waals surface area (Å²) in [7, 11) is 0. The van der Waals surface area contributed by atoms with E-state index in [4.69, 9.17) is 5.73 Å². The molecule has 110 valence electrons. The Morgan fingerprint density at radius 1 is 1.40 bits per heavy atom. The molecular weight excluding hydrogens is 268 g/mol. The van der Waals surface area contributed by atoms with Gasteiger partial charge in [0, 0.05) is 15.8 Å². The maximum Gasteiger partial charge on any atom is 0.225 e. The van der Waals surface area contributed by atoms with E-state index in [9.17, 15) is 4.79 Å². The molecule has 20 heavy (non-hydrogen) atoms. The number of hydrogen-bond acceptors (Lipinski definition) is 3. The minimum absolute atomic E-state index is 0.0382. The van der Waals surface area contributed by atoms with Crippen molar-refractivity contribution >= 4 is 17.2 Å². The number of thiophene rings is 1. The first-order valence-electron chi connectivity index (χ1n) is 7.60. The molecule has 2 fully saturated rings. The summed E-state index contributed by atoms with van der Waals surface area (Å²) in [5, 5.41) is 3.20.